The predicted molar refractivity (Wildman–Crippen MR) is 108 cm³/mol. The zero-order valence-corrected chi connectivity index (χ0v) is 16.2. The normalized spacial score (nSPS) is 11.8. The van der Waals surface area contributed by atoms with Gasteiger partial charge in [-0.25, -0.2) is 4.79 Å². The number of aromatic amines is 1. The molecule has 0 unspecified atom stereocenters. The Bertz CT molecular complexity index is 952. The lowest BCUT2D eigenvalue weighted by molar-refractivity contribution is -0.154. The summed E-state index contributed by atoms with van der Waals surface area (Å²) in [7, 11) is 0. The van der Waals surface area contributed by atoms with Crippen molar-refractivity contribution in [1.82, 2.24) is 10.3 Å². The third kappa shape index (κ3) is 5.27. The van der Waals surface area contributed by atoms with E-state index in [0.717, 1.165) is 16.5 Å². The van der Waals surface area contributed by atoms with Crippen molar-refractivity contribution in [3.05, 3.63) is 65.3 Å². The largest absolute Gasteiger partial charge is 0.479 e. The number of ether oxygens (including phenoxy) is 2. The molecular weight excluding hydrogens is 380 g/mol. The Balaban J connectivity index is 1.38. The van der Waals surface area contributed by atoms with E-state index in [1.54, 1.807) is 31.2 Å². The van der Waals surface area contributed by atoms with Crippen LogP contribution in [0.2, 0.25) is 5.02 Å². The minimum Gasteiger partial charge on any atom is -0.479 e. The summed E-state index contributed by atoms with van der Waals surface area (Å²) in [6.07, 6.45) is 1.78. The highest BCUT2D eigenvalue weighted by molar-refractivity contribution is 6.30. The van der Waals surface area contributed by atoms with E-state index in [-0.39, 0.29) is 12.5 Å². The average Bonchev–Trinajstić information content (AvgIpc) is 3.11. The van der Waals surface area contributed by atoms with Gasteiger partial charge in [0.15, 0.2) is 12.7 Å². The SMILES string of the molecule is C[C@@H](Oc1ccc(Cl)cc1)C(=O)OCC(=O)NCCc1c[nH]c2ccccc12. The van der Waals surface area contributed by atoms with Gasteiger partial charge < -0.3 is 19.8 Å². The number of esters is 1. The summed E-state index contributed by atoms with van der Waals surface area (Å²) in [5.74, 6) is -0.467. The predicted octanol–water partition coefficient (Wildman–Crippen LogP) is 3.49. The molecule has 0 aliphatic rings. The van der Waals surface area contributed by atoms with Gasteiger partial charge in [-0.1, -0.05) is 29.8 Å². The van der Waals surface area contributed by atoms with Gasteiger partial charge in [0.05, 0.1) is 0 Å². The Kier molecular flexibility index (Phi) is 6.55. The van der Waals surface area contributed by atoms with E-state index in [1.807, 2.05) is 30.5 Å². The Morgan fingerprint density at radius 1 is 1.14 bits per heavy atom. The summed E-state index contributed by atoms with van der Waals surface area (Å²) in [4.78, 5) is 27.1. The van der Waals surface area contributed by atoms with Gasteiger partial charge in [0.2, 0.25) is 0 Å². The summed E-state index contributed by atoms with van der Waals surface area (Å²) in [5, 5.41) is 4.46. The standard InChI is InChI=1S/C21H21ClN2O4/c1-14(28-17-8-6-16(22)7-9-17)21(26)27-13-20(25)23-11-10-15-12-24-19-5-3-2-4-18(15)19/h2-9,12,14,24H,10-11,13H2,1H3,(H,23,25)/t14-/m1/s1. The van der Waals surface area contributed by atoms with Gasteiger partial charge in [0, 0.05) is 28.7 Å². The van der Waals surface area contributed by atoms with E-state index < -0.39 is 12.1 Å². The molecule has 1 aromatic heterocycles. The van der Waals surface area contributed by atoms with E-state index in [1.165, 1.54) is 0 Å². The van der Waals surface area contributed by atoms with Crippen LogP contribution in [-0.4, -0.2) is 36.1 Å². The van der Waals surface area contributed by atoms with Crippen molar-refractivity contribution in [1.29, 1.82) is 0 Å². The van der Waals surface area contributed by atoms with E-state index in [9.17, 15) is 9.59 Å². The van der Waals surface area contributed by atoms with E-state index in [2.05, 4.69) is 10.3 Å². The second-order valence-corrected chi connectivity index (χ2v) is 6.72. The second kappa shape index (κ2) is 9.28. The molecular formula is C21H21ClN2O4. The molecule has 0 spiro atoms. The van der Waals surface area contributed by atoms with Crippen LogP contribution in [-0.2, 0) is 20.7 Å². The highest BCUT2D eigenvalue weighted by Crippen LogP contribution is 2.18. The zero-order chi connectivity index (χ0) is 19.9. The van der Waals surface area contributed by atoms with Crippen LogP contribution in [0.4, 0.5) is 0 Å². The monoisotopic (exact) mass is 400 g/mol. The van der Waals surface area contributed by atoms with Crippen LogP contribution in [0.15, 0.2) is 54.7 Å². The number of aromatic nitrogens is 1. The molecule has 0 radical (unpaired) electrons. The van der Waals surface area contributed by atoms with Crippen molar-refractivity contribution in [3.63, 3.8) is 0 Å². The van der Waals surface area contributed by atoms with Crippen molar-refractivity contribution in [3.8, 4) is 5.75 Å². The van der Waals surface area contributed by atoms with E-state index in [4.69, 9.17) is 21.1 Å². The average molecular weight is 401 g/mol. The highest BCUT2D eigenvalue weighted by atomic mass is 35.5. The first-order valence-corrected chi connectivity index (χ1v) is 9.31. The highest BCUT2D eigenvalue weighted by Gasteiger charge is 2.17. The molecule has 28 heavy (non-hydrogen) atoms. The molecule has 0 saturated carbocycles. The van der Waals surface area contributed by atoms with Crippen molar-refractivity contribution < 1.29 is 19.1 Å². The van der Waals surface area contributed by atoms with Crippen LogP contribution in [0.5, 0.6) is 5.75 Å². The van der Waals surface area contributed by atoms with Gasteiger partial charge in [-0.2, -0.15) is 0 Å². The van der Waals surface area contributed by atoms with Crippen LogP contribution < -0.4 is 10.1 Å². The molecule has 2 N–H and O–H groups in total. The Labute approximate surface area is 167 Å². The first-order chi connectivity index (χ1) is 13.5. The number of H-pyrrole nitrogens is 1. The zero-order valence-electron chi connectivity index (χ0n) is 15.4. The maximum atomic E-state index is 12.0. The first kappa shape index (κ1) is 19.8. The third-order valence-electron chi connectivity index (χ3n) is 4.20. The summed E-state index contributed by atoms with van der Waals surface area (Å²) in [6, 6.07) is 14.6. The molecule has 0 fully saturated rings. The smallest absolute Gasteiger partial charge is 0.347 e. The molecule has 3 aromatic rings. The lowest BCUT2D eigenvalue weighted by Crippen LogP contribution is -2.33. The van der Waals surface area contributed by atoms with Gasteiger partial charge in [0.1, 0.15) is 5.75 Å². The Hall–Kier alpha value is -2.99. The van der Waals surface area contributed by atoms with Crippen LogP contribution in [0, 0.1) is 0 Å². The summed E-state index contributed by atoms with van der Waals surface area (Å²) >= 11 is 5.80. The minimum atomic E-state index is -0.833. The molecule has 1 amide bonds. The van der Waals surface area contributed by atoms with Crippen molar-refractivity contribution in [2.45, 2.75) is 19.4 Å². The Morgan fingerprint density at radius 3 is 2.68 bits per heavy atom. The van der Waals surface area contributed by atoms with Crippen molar-refractivity contribution in [2.24, 2.45) is 0 Å². The summed E-state index contributed by atoms with van der Waals surface area (Å²) in [6.45, 7) is 1.67. The molecule has 0 saturated heterocycles. The Morgan fingerprint density at radius 2 is 1.89 bits per heavy atom. The first-order valence-electron chi connectivity index (χ1n) is 8.93. The molecule has 1 atom stereocenters. The lowest BCUT2D eigenvalue weighted by Gasteiger charge is -2.14. The fraction of sp³-hybridized carbons (Fsp3) is 0.238. The molecule has 0 aliphatic heterocycles. The summed E-state index contributed by atoms with van der Waals surface area (Å²) < 4.78 is 10.5. The second-order valence-electron chi connectivity index (χ2n) is 6.28. The number of nitrogens with one attached hydrogen (secondary N) is 2. The van der Waals surface area contributed by atoms with Gasteiger partial charge in [-0.15, -0.1) is 0 Å². The van der Waals surface area contributed by atoms with Gasteiger partial charge in [-0.05, 0) is 49.2 Å². The molecule has 146 valence electrons. The van der Waals surface area contributed by atoms with Crippen molar-refractivity contribution in [2.75, 3.05) is 13.2 Å². The maximum Gasteiger partial charge on any atom is 0.347 e. The van der Waals surface area contributed by atoms with Crippen LogP contribution in [0.3, 0.4) is 0 Å². The van der Waals surface area contributed by atoms with E-state index >= 15 is 0 Å². The number of rotatable bonds is 8. The maximum absolute atomic E-state index is 12.0. The number of fused-ring (bicyclic) bond motifs is 1. The third-order valence-corrected chi connectivity index (χ3v) is 4.45. The minimum absolute atomic E-state index is 0.346. The van der Waals surface area contributed by atoms with Gasteiger partial charge in [-0.3, -0.25) is 4.79 Å². The fourth-order valence-electron chi connectivity index (χ4n) is 2.75. The summed E-state index contributed by atoms with van der Waals surface area (Å²) in [5.41, 5.74) is 2.19. The molecule has 2 aromatic carbocycles. The van der Waals surface area contributed by atoms with Crippen molar-refractivity contribution >= 4 is 34.4 Å². The number of halogens is 1. The number of benzene rings is 2. The number of amides is 1. The van der Waals surface area contributed by atoms with Crippen LogP contribution in [0.25, 0.3) is 10.9 Å². The number of hydrogen-bond acceptors (Lipinski definition) is 4. The number of hydrogen-bond donors (Lipinski definition) is 2. The van der Waals surface area contributed by atoms with Gasteiger partial charge >= 0.3 is 5.97 Å². The molecule has 0 bridgehead atoms. The van der Waals surface area contributed by atoms with Crippen LogP contribution >= 0.6 is 11.6 Å². The fourth-order valence-corrected chi connectivity index (χ4v) is 2.87. The number of carbonyl (C=O) groups is 2. The van der Waals surface area contributed by atoms with Gasteiger partial charge in [0.25, 0.3) is 5.91 Å². The topological polar surface area (TPSA) is 80.4 Å². The number of carbonyl (C=O) groups excluding carboxylic acids is 2. The van der Waals surface area contributed by atoms with E-state index in [0.29, 0.717) is 23.7 Å². The number of para-hydroxylation sites is 1. The quantitative estimate of drug-likeness (QED) is 0.567. The molecule has 1 heterocycles. The molecule has 3 rings (SSSR count). The molecule has 6 nitrogen and oxygen atoms in total. The molecule has 0 aliphatic carbocycles. The lowest BCUT2D eigenvalue weighted by atomic mass is 10.1. The van der Waals surface area contributed by atoms with Crippen LogP contribution in [0.1, 0.15) is 12.5 Å². The molecule has 7 heteroatoms.